The molecule has 172 valence electrons. The molecule has 3 rings (SSSR count). The molecule has 3 N–H and O–H groups in total. The number of halogens is 5. The van der Waals surface area contributed by atoms with E-state index in [2.05, 4.69) is 25.4 Å². The van der Waals surface area contributed by atoms with E-state index in [1.165, 1.54) is 24.9 Å². The van der Waals surface area contributed by atoms with Crippen molar-refractivity contribution in [3.8, 4) is 11.4 Å². The minimum Gasteiger partial charge on any atom is -0.379 e. The second-order valence-electron chi connectivity index (χ2n) is 6.62. The molecule has 32 heavy (non-hydrogen) atoms. The molecule has 0 amide bonds. The molecular weight excluding hydrogens is 443 g/mol. The van der Waals surface area contributed by atoms with Crippen molar-refractivity contribution in [1.29, 1.82) is 0 Å². The Balaban J connectivity index is 1.76. The van der Waals surface area contributed by atoms with Gasteiger partial charge in [-0.05, 0) is 13.0 Å². The monoisotopic (exact) mass is 460 g/mol. The predicted molar refractivity (Wildman–Crippen MR) is 98.5 cm³/mol. The Labute approximate surface area is 177 Å². The Kier molecular flexibility index (Phi) is 6.66. The second-order valence-corrected chi connectivity index (χ2v) is 6.62. The highest BCUT2D eigenvalue weighted by Crippen LogP contribution is 2.33. The summed E-state index contributed by atoms with van der Waals surface area (Å²) >= 11 is 0. The van der Waals surface area contributed by atoms with Crippen molar-refractivity contribution in [3.05, 3.63) is 53.7 Å². The topological polar surface area (TPSA) is 118 Å². The van der Waals surface area contributed by atoms with Gasteiger partial charge in [-0.3, -0.25) is 4.68 Å². The van der Waals surface area contributed by atoms with Crippen molar-refractivity contribution in [2.75, 3.05) is 5.32 Å². The Morgan fingerprint density at radius 3 is 2.34 bits per heavy atom. The van der Waals surface area contributed by atoms with Crippen molar-refractivity contribution < 1.29 is 36.9 Å². The molecule has 3 atom stereocenters. The number of hydrogen-bond acceptors (Lipinski definition) is 8. The van der Waals surface area contributed by atoms with Crippen LogP contribution < -0.4 is 5.32 Å². The van der Waals surface area contributed by atoms with Gasteiger partial charge in [0.05, 0.1) is 24.1 Å². The predicted octanol–water partition coefficient (Wildman–Crippen LogP) is 2.61. The van der Waals surface area contributed by atoms with Crippen molar-refractivity contribution in [2.24, 2.45) is 7.05 Å². The lowest BCUT2D eigenvalue weighted by molar-refractivity contribution is -0.206. The van der Waals surface area contributed by atoms with E-state index in [9.17, 15) is 32.2 Å². The van der Waals surface area contributed by atoms with Gasteiger partial charge in [-0.1, -0.05) is 0 Å². The van der Waals surface area contributed by atoms with Crippen LogP contribution in [0.2, 0.25) is 0 Å². The first-order valence-electron chi connectivity index (χ1n) is 8.97. The smallest absolute Gasteiger partial charge is 0.379 e. The summed E-state index contributed by atoms with van der Waals surface area (Å²) in [6, 6.07) is 0.875. The van der Waals surface area contributed by atoms with E-state index in [0.29, 0.717) is 6.20 Å². The molecule has 0 fully saturated rings. The summed E-state index contributed by atoms with van der Waals surface area (Å²) in [5.41, 5.74) is -0.588. The maximum atomic E-state index is 13.8. The Morgan fingerprint density at radius 2 is 1.72 bits per heavy atom. The molecule has 0 bridgehead atoms. The number of rotatable bonds is 7. The maximum absolute atomic E-state index is 13.8. The van der Waals surface area contributed by atoms with Gasteiger partial charge < -0.3 is 20.3 Å². The van der Waals surface area contributed by atoms with Gasteiger partial charge in [0.2, 0.25) is 12.4 Å². The summed E-state index contributed by atoms with van der Waals surface area (Å²) in [5, 5.41) is 26.0. The third-order valence-electron chi connectivity index (χ3n) is 4.34. The minimum atomic E-state index is -4.87. The van der Waals surface area contributed by atoms with E-state index in [-0.39, 0.29) is 22.8 Å². The molecule has 3 aromatic heterocycles. The fourth-order valence-corrected chi connectivity index (χ4v) is 2.72. The molecule has 3 aromatic rings. The van der Waals surface area contributed by atoms with Crippen LogP contribution in [0.15, 0.2) is 30.9 Å². The van der Waals surface area contributed by atoms with Crippen molar-refractivity contribution >= 4 is 5.82 Å². The molecule has 0 radical (unpaired) electrons. The minimum absolute atomic E-state index is 0.0562. The van der Waals surface area contributed by atoms with E-state index in [1.54, 1.807) is 0 Å². The highest BCUT2D eigenvalue weighted by atomic mass is 19.4. The number of nitrogens with one attached hydrogen (secondary N) is 1. The average Bonchev–Trinajstić information content (AvgIpc) is 3.08. The molecular formula is C18H17F5N6O3. The van der Waals surface area contributed by atoms with Crippen LogP contribution in [0.3, 0.4) is 0 Å². The van der Waals surface area contributed by atoms with Gasteiger partial charge in [-0.15, -0.1) is 0 Å². The summed E-state index contributed by atoms with van der Waals surface area (Å²) < 4.78 is 71.5. The quantitative estimate of drug-likeness (QED) is 0.280. The van der Waals surface area contributed by atoms with Crippen molar-refractivity contribution in [2.45, 2.75) is 31.7 Å². The maximum Gasteiger partial charge on any atom is 0.418 e. The second kappa shape index (κ2) is 9.10. The van der Waals surface area contributed by atoms with Crippen LogP contribution in [0.4, 0.5) is 27.8 Å². The number of nitrogens with zero attached hydrogens (tertiary/aromatic N) is 5. The Hall–Kier alpha value is -3.23. The van der Waals surface area contributed by atoms with Crippen LogP contribution in [0, 0.1) is 11.8 Å². The fraction of sp³-hybridized carbons (Fsp3) is 0.333. The van der Waals surface area contributed by atoms with Crippen molar-refractivity contribution in [3.63, 3.8) is 0 Å². The first kappa shape index (κ1) is 23.4. The average molecular weight is 460 g/mol. The number of aryl methyl sites for hydroxylation is 1. The van der Waals surface area contributed by atoms with E-state index in [0.717, 1.165) is 18.5 Å². The van der Waals surface area contributed by atoms with Crippen molar-refractivity contribution in [1.82, 2.24) is 24.7 Å². The van der Waals surface area contributed by atoms with Gasteiger partial charge in [-0.25, -0.2) is 19.3 Å². The van der Waals surface area contributed by atoms with Gasteiger partial charge >= 0.3 is 6.18 Å². The number of ether oxygens (including phenoxy) is 1. The third-order valence-corrected chi connectivity index (χ3v) is 4.34. The summed E-state index contributed by atoms with van der Waals surface area (Å²) in [6.07, 6.45) is -6.84. The molecule has 0 spiro atoms. The Bertz CT molecular complexity index is 1080. The van der Waals surface area contributed by atoms with E-state index >= 15 is 0 Å². The molecule has 0 aromatic carbocycles. The standard InChI is InChI=1S/C18H17F5N6O3/c1-8(11-3-10(19)6-24-14(11)20)32-17(31)28-16-12(7-27-29(16)2)15-25-4-9(5-26-15)13(30)18(21,22)23/h3-8,13,17,28,30-31H,1-2H3/t8-,13?,17?/m1/s1. The molecule has 2 unspecified atom stereocenters. The van der Waals surface area contributed by atoms with E-state index < -0.39 is 42.1 Å². The summed E-state index contributed by atoms with van der Waals surface area (Å²) in [4.78, 5) is 10.9. The molecule has 0 aliphatic heterocycles. The molecule has 0 aliphatic rings. The summed E-state index contributed by atoms with van der Waals surface area (Å²) in [6.45, 7) is 1.36. The largest absolute Gasteiger partial charge is 0.418 e. The summed E-state index contributed by atoms with van der Waals surface area (Å²) in [5.74, 6) is -1.70. The molecule has 0 saturated heterocycles. The van der Waals surface area contributed by atoms with Crippen LogP contribution in [-0.4, -0.2) is 47.5 Å². The molecule has 9 nitrogen and oxygen atoms in total. The number of alkyl halides is 3. The zero-order valence-electron chi connectivity index (χ0n) is 16.5. The molecule has 14 heteroatoms. The zero-order valence-corrected chi connectivity index (χ0v) is 16.5. The SMILES string of the molecule is C[C@@H](OC(O)Nc1c(-c2ncc(C(O)C(F)(F)F)cn2)cnn1C)c1cc(F)cnc1F. The third kappa shape index (κ3) is 5.15. The van der Waals surface area contributed by atoms with Gasteiger partial charge in [0.15, 0.2) is 11.9 Å². The van der Waals surface area contributed by atoms with Gasteiger partial charge in [0.25, 0.3) is 0 Å². The van der Waals surface area contributed by atoms with Crippen LogP contribution in [0.5, 0.6) is 0 Å². The van der Waals surface area contributed by atoms with Crippen LogP contribution in [0.25, 0.3) is 11.4 Å². The first-order valence-corrected chi connectivity index (χ1v) is 8.97. The van der Waals surface area contributed by atoms with Crippen LogP contribution >= 0.6 is 0 Å². The van der Waals surface area contributed by atoms with Crippen LogP contribution in [0.1, 0.15) is 30.3 Å². The molecule has 0 aliphatic carbocycles. The molecule has 0 saturated carbocycles. The van der Waals surface area contributed by atoms with E-state index in [1.807, 2.05) is 0 Å². The molecule has 3 heterocycles. The number of pyridine rings is 1. The number of hydrogen-bond donors (Lipinski definition) is 3. The first-order chi connectivity index (χ1) is 15.0. The van der Waals surface area contributed by atoms with Gasteiger partial charge in [0.1, 0.15) is 11.6 Å². The highest BCUT2D eigenvalue weighted by Gasteiger charge is 2.39. The number of anilines is 1. The van der Waals surface area contributed by atoms with Crippen LogP contribution in [-0.2, 0) is 11.8 Å². The lowest BCUT2D eigenvalue weighted by Gasteiger charge is -2.20. The highest BCUT2D eigenvalue weighted by molar-refractivity contribution is 5.69. The number of aliphatic hydroxyl groups excluding tert-OH is 2. The normalized spacial score (nSPS) is 14.8. The summed E-state index contributed by atoms with van der Waals surface area (Å²) in [7, 11) is 1.49. The van der Waals surface area contributed by atoms with E-state index in [4.69, 9.17) is 4.74 Å². The fourth-order valence-electron chi connectivity index (χ4n) is 2.72. The number of aromatic nitrogens is 5. The Morgan fingerprint density at radius 1 is 1.06 bits per heavy atom. The zero-order chi connectivity index (χ0) is 23.6. The van der Waals surface area contributed by atoms with Gasteiger partial charge in [0, 0.05) is 30.6 Å². The lowest BCUT2D eigenvalue weighted by atomic mass is 10.2. The number of aliphatic hydroxyl groups is 2. The lowest BCUT2D eigenvalue weighted by Crippen LogP contribution is -2.26. The van der Waals surface area contributed by atoms with Gasteiger partial charge in [-0.2, -0.15) is 22.7 Å².